The van der Waals surface area contributed by atoms with Gasteiger partial charge in [-0.2, -0.15) is 0 Å². The SMILES string of the molecule is Bc1c(B)c(B)c2c(oc3c2c(B)c(B)c2c3c3c(B)c(B)c(B)c(B)c3n2-c2ccc3oc4cc(-c5nc(-c6ccccc6)nc(-c6ccccc6)n5)ccc4c3c2)c1B. The zero-order valence-corrected chi connectivity index (χ0v) is 36.3. The fourth-order valence-electron chi connectivity index (χ4n) is 9.91. The van der Waals surface area contributed by atoms with Gasteiger partial charge in [-0.25, -0.2) is 15.0 Å². The second kappa shape index (κ2) is 13.6. The van der Waals surface area contributed by atoms with E-state index in [1.54, 1.807) is 0 Å². The number of aromatic nitrogens is 4. The second-order valence-electron chi connectivity index (χ2n) is 17.1. The number of furan rings is 2. The van der Waals surface area contributed by atoms with Crippen LogP contribution in [0.5, 0.6) is 0 Å². The average Bonchev–Trinajstić information content (AvgIpc) is 3.98. The van der Waals surface area contributed by atoms with Crippen LogP contribution in [0.25, 0.3) is 106 Å². The van der Waals surface area contributed by atoms with E-state index in [9.17, 15) is 0 Å². The van der Waals surface area contributed by atoms with Crippen molar-refractivity contribution in [3.8, 4) is 39.9 Å². The van der Waals surface area contributed by atoms with Gasteiger partial charge < -0.3 is 13.4 Å². The van der Waals surface area contributed by atoms with Gasteiger partial charge in [0, 0.05) is 54.8 Å². The maximum atomic E-state index is 7.16. The predicted molar refractivity (Wildman–Crippen MR) is 287 cm³/mol. The molecule has 4 heterocycles. The molecule has 11 rings (SSSR count). The molecule has 61 heavy (non-hydrogen) atoms. The first-order valence-corrected chi connectivity index (χ1v) is 21.1. The highest BCUT2D eigenvalue weighted by atomic mass is 16.3. The Morgan fingerprint density at radius 3 is 1.51 bits per heavy atom. The normalized spacial score (nSPS) is 11.9. The van der Waals surface area contributed by atoms with Gasteiger partial charge in [-0.15, -0.1) is 10.9 Å². The van der Waals surface area contributed by atoms with E-state index < -0.39 is 0 Å². The Kier molecular flexibility index (Phi) is 8.35. The van der Waals surface area contributed by atoms with Crippen LogP contribution in [0.1, 0.15) is 0 Å². The van der Waals surface area contributed by atoms with Crippen LogP contribution in [0, 0.1) is 0 Å². The Morgan fingerprint density at radius 2 is 0.869 bits per heavy atom. The summed E-state index contributed by atoms with van der Waals surface area (Å²) in [5.41, 5.74) is 22.7. The lowest BCUT2D eigenvalue weighted by Crippen LogP contribution is -2.48. The highest BCUT2D eigenvalue weighted by molar-refractivity contribution is 6.71. The van der Waals surface area contributed by atoms with Crippen molar-refractivity contribution in [3.63, 3.8) is 0 Å². The van der Waals surface area contributed by atoms with Gasteiger partial charge in [-0.3, -0.25) is 0 Å². The van der Waals surface area contributed by atoms with Crippen LogP contribution in [-0.2, 0) is 0 Å². The first kappa shape index (κ1) is 37.6. The van der Waals surface area contributed by atoms with Gasteiger partial charge in [0.2, 0.25) is 0 Å². The summed E-state index contributed by atoms with van der Waals surface area (Å²) in [5.74, 6) is 1.85. The van der Waals surface area contributed by atoms with Gasteiger partial charge in [0.25, 0.3) is 0 Å². The van der Waals surface area contributed by atoms with Crippen molar-refractivity contribution in [2.75, 3.05) is 0 Å². The zero-order valence-electron chi connectivity index (χ0n) is 36.3. The number of hydrogen-bond donors (Lipinski definition) is 0. The van der Waals surface area contributed by atoms with E-state index >= 15 is 0 Å². The minimum atomic E-state index is 0.594. The molecule has 0 aliphatic heterocycles. The minimum Gasteiger partial charge on any atom is -0.456 e. The Bertz CT molecular complexity index is 3660. The number of hydrogen-bond acceptors (Lipinski definition) is 5. The van der Waals surface area contributed by atoms with E-state index in [2.05, 4.69) is 119 Å². The smallest absolute Gasteiger partial charge is 0.164 e. The molecule has 0 N–H and O–H groups in total. The Labute approximate surface area is 362 Å². The Morgan fingerprint density at radius 1 is 0.361 bits per heavy atom. The molecule has 11 aromatic rings. The third-order valence-electron chi connectivity index (χ3n) is 14.1. The molecule has 0 unspecified atom stereocenters. The van der Waals surface area contributed by atoms with E-state index in [1.165, 1.54) is 87.2 Å². The number of nitrogens with zero attached hydrogens (tertiary/aromatic N) is 4. The first-order valence-electron chi connectivity index (χ1n) is 21.1. The molecule has 0 saturated carbocycles. The minimum absolute atomic E-state index is 0.594. The maximum absolute atomic E-state index is 7.16. The van der Waals surface area contributed by atoms with Gasteiger partial charge >= 0.3 is 0 Å². The Hall–Kier alpha value is -6.40. The molecule has 0 spiro atoms. The molecule has 0 aliphatic rings. The lowest BCUT2D eigenvalue weighted by Gasteiger charge is -2.16. The van der Waals surface area contributed by atoms with Gasteiger partial charge in [-0.1, -0.05) is 110 Å². The molecule has 0 fully saturated rings. The highest BCUT2D eigenvalue weighted by Crippen LogP contribution is 2.39. The third-order valence-corrected chi connectivity index (χ3v) is 14.1. The molecular weight excluding hydrogens is 737 g/mol. The zero-order chi connectivity index (χ0) is 42.2. The van der Waals surface area contributed by atoms with Gasteiger partial charge in [0.15, 0.2) is 17.5 Å². The molecule has 0 bridgehead atoms. The summed E-state index contributed by atoms with van der Waals surface area (Å²) >= 11 is 0. The van der Waals surface area contributed by atoms with Crippen molar-refractivity contribution < 1.29 is 8.83 Å². The van der Waals surface area contributed by atoms with Crippen molar-refractivity contribution in [3.05, 3.63) is 97.1 Å². The summed E-state index contributed by atoms with van der Waals surface area (Å²) in [6.07, 6.45) is 0. The van der Waals surface area contributed by atoms with Crippen LogP contribution in [0.15, 0.2) is 106 Å². The molecular formula is C45H36B10N4O2. The van der Waals surface area contributed by atoms with Gasteiger partial charge in [-0.05, 0) is 30.3 Å². The molecule has 0 saturated heterocycles. The summed E-state index contributed by atoms with van der Waals surface area (Å²) in [6.45, 7) is 0. The summed E-state index contributed by atoms with van der Waals surface area (Å²) in [7, 11) is 22.6. The van der Waals surface area contributed by atoms with Crippen molar-refractivity contribution in [2.24, 2.45) is 0 Å². The fraction of sp³-hybridized carbons (Fsp3) is 0. The summed E-state index contributed by atoms with van der Waals surface area (Å²) in [4.78, 5) is 14.9. The first-order chi connectivity index (χ1) is 29.4. The van der Waals surface area contributed by atoms with Gasteiger partial charge in [0.1, 0.15) is 101 Å². The second-order valence-corrected chi connectivity index (χ2v) is 17.1. The fourth-order valence-corrected chi connectivity index (χ4v) is 9.91. The summed E-state index contributed by atoms with van der Waals surface area (Å²) in [5, 5.41) is 7.00. The van der Waals surface area contributed by atoms with Crippen LogP contribution in [0.2, 0.25) is 0 Å². The summed E-state index contributed by atoms with van der Waals surface area (Å²) < 4.78 is 16.3. The van der Waals surface area contributed by atoms with E-state index in [-0.39, 0.29) is 0 Å². The Balaban J connectivity index is 1.16. The van der Waals surface area contributed by atoms with Crippen LogP contribution in [0.3, 0.4) is 0 Å². The highest BCUT2D eigenvalue weighted by Gasteiger charge is 2.28. The molecule has 16 heteroatoms. The lowest BCUT2D eigenvalue weighted by atomic mass is 9.64. The van der Waals surface area contributed by atoms with Gasteiger partial charge in [0.05, 0.1) is 10.9 Å². The number of benzene rings is 7. The predicted octanol–water partition coefficient (Wildman–Crippen LogP) is -5.65. The van der Waals surface area contributed by atoms with E-state index in [0.717, 1.165) is 55.5 Å². The van der Waals surface area contributed by atoms with Crippen molar-refractivity contribution >= 4 is 199 Å². The largest absolute Gasteiger partial charge is 0.456 e. The average molecular weight is 773 g/mol. The van der Waals surface area contributed by atoms with Crippen molar-refractivity contribution in [2.45, 2.75) is 0 Å². The quantitative estimate of drug-likeness (QED) is 0.167. The monoisotopic (exact) mass is 774 g/mol. The third kappa shape index (κ3) is 5.33. The standard InChI is InChI=1S/C45H36B10N4O2/c46-29-25-28-40(36(53)31(48)26-27-30(47)33(50)35(52)38(55)42(27)61-41(26)28)59(39(25)37(54)34(51)32(29)49)20-12-14-23-22(16-20)21-13-11-19(15-24(21)60-23)45-57-43(17-7-3-1-4-8-17)56-44(58-45)18-9-5-2-6-10-18/h1-16H,46-55H2. The number of rotatable bonds is 4. The molecule has 7 aromatic carbocycles. The maximum Gasteiger partial charge on any atom is 0.164 e. The van der Waals surface area contributed by atoms with Crippen molar-refractivity contribution in [1.29, 1.82) is 0 Å². The molecule has 278 valence electrons. The van der Waals surface area contributed by atoms with E-state index in [4.69, 9.17) is 23.8 Å². The number of fused-ring (bicyclic) bond motifs is 10. The molecule has 6 nitrogen and oxygen atoms in total. The van der Waals surface area contributed by atoms with Crippen LogP contribution in [-0.4, -0.2) is 98.0 Å². The van der Waals surface area contributed by atoms with Crippen LogP contribution < -0.4 is 54.6 Å². The molecule has 4 aromatic heterocycles. The molecule has 0 radical (unpaired) electrons. The van der Waals surface area contributed by atoms with Crippen LogP contribution in [0.4, 0.5) is 0 Å². The van der Waals surface area contributed by atoms with Crippen LogP contribution >= 0.6 is 0 Å². The van der Waals surface area contributed by atoms with Crippen molar-refractivity contribution in [1.82, 2.24) is 19.5 Å². The topological polar surface area (TPSA) is 69.9 Å². The molecule has 0 aliphatic carbocycles. The van der Waals surface area contributed by atoms with E-state index in [0.29, 0.717) is 17.5 Å². The molecule has 0 amide bonds. The lowest BCUT2D eigenvalue weighted by molar-refractivity contribution is 0.669. The van der Waals surface area contributed by atoms with E-state index in [1.807, 2.05) is 60.7 Å². The summed E-state index contributed by atoms with van der Waals surface area (Å²) in [6, 6.07) is 33.1. The molecule has 0 atom stereocenters.